The molecule has 0 bridgehead atoms. The van der Waals surface area contributed by atoms with E-state index >= 15 is 0 Å². The van der Waals surface area contributed by atoms with E-state index in [1.807, 2.05) is 0 Å². The molecule has 3 heteroatoms. The zero-order valence-electron chi connectivity index (χ0n) is 14.6. The van der Waals surface area contributed by atoms with E-state index in [1.165, 1.54) is 70.0 Å². The molecule has 0 fully saturated rings. The summed E-state index contributed by atoms with van der Waals surface area (Å²) < 4.78 is 4.94. The fraction of sp³-hybridized carbons (Fsp3) is 0.833. The van der Waals surface area contributed by atoms with Crippen LogP contribution in [0, 0.1) is 0 Å². The summed E-state index contributed by atoms with van der Waals surface area (Å²) in [7, 11) is -0.801. The monoisotopic (exact) mass is 316 g/mol. The van der Waals surface area contributed by atoms with E-state index in [-0.39, 0.29) is 5.97 Å². The molecule has 21 heavy (non-hydrogen) atoms. The third-order valence-electron chi connectivity index (χ3n) is 3.73. The molecule has 0 aromatic rings. The maximum absolute atomic E-state index is 10.8. The van der Waals surface area contributed by atoms with Crippen LogP contribution < -0.4 is 0 Å². The van der Waals surface area contributed by atoms with Crippen LogP contribution in [0.4, 0.5) is 0 Å². The van der Waals surface area contributed by atoms with Gasteiger partial charge in [-0.1, -0.05) is 6.58 Å². The summed E-state index contributed by atoms with van der Waals surface area (Å²) in [6.45, 7) is 11.3. The van der Waals surface area contributed by atoms with Crippen molar-refractivity contribution in [3.8, 4) is 0 Å². The molecule has 126 valence electrons. The van der Waals surface area contributed by atoms with Crippen molar-refractivity contribution in [1.82, 2.24) is 0 Å². The zero-order chi connectivity index (χ0) is 16.0. The van der Waals surface area contributed by atoms with Crippen molar-refractivity contribution < 1.29 is 9.53 Å². The van der Waals surface area contributed by atoms with Crippen molar-refractivity contribution in [2.75, 3.05) is 32.8 Å². The summed E-state index contributed by atoms with van der Waals surface area (Å²) in [5.74, 6) is -0.302. The molecular weight excluding hydrogens is 279 g/mol. The molecule has 0 aliphatic heterocycles. The van der Waals surface area contributed by atoms with Gasteiger partial charge in [0.2, 0.25) is 0 Å². The van der Waals surface area contributed by atoms with Crippen molar-refractivity contribution in [2.45, 2.75) is 64.2 Å². The van der Waals surface area contributed by atoms with Gasteiger partial charge in [0, 0.05) is 6.08 Å². The van der Waals surface area contributed by atoms with Crippen LogP contribution in [0.2, 0.25) is 0 Å². The van der Waals surface area contributed by atoms with Gasteiger partial charge < -0.3 is 4.74 Å². The second kappa shape index (κ2) is 13.3. The molecular formula is C18H37O2P. The fourth-order valence-electron chi connectivity index (χ4n) is 2.40. The Morgan fingerprint density at radius 2 is 1.29 bits per heavy atom. The Morgan fingerprint density at radius 3 is 1.71 bits per heavy atom. The number of hydrogen-bond donors (Lipinski definition) is 0. The first kappa shape index (κ1) is 20.6. The average Bonchev–Trinajstić information content (AvgIpc) is 2.42. The SMILES string of the molecule is C=CC(=O)OCCCCCCCCCCCC[PH](C)(C)C. The molecule has 0 rings (SSSR count). The molecule has 0 aliphatic rings. The number of carbonyl (C=O) groups is 1. The van der Waals surface area contributed by atoms with Crippen molar-refractivity contribution in [1.29, 1.82) is 0 Å². The van der Waals surface area contributed by atoms with E-state index in [0.717, 1.165) is 6.42 Å². The molecule has 0 saturated carbocycles. The Morgan fingerprint density at radius 1 is 0.857 bits per heavy atom. The van der Waals surface area contributed by atoms with Crippen LogP contribution >= 0.6 is 7.26 Å². The minimum absolute atomic E-state index is 0.302. The van der Waals surface area contributed by atoms with Gasteiger partial charge in [-0.3, -0.25) is 0 Å². The van der Waals surface area contributed by atoms with Crippen LogP contribution in [0.1, 0.15) is 64.2 Å². The first-order valence-electron chi connectivity index (χ1n) is 8.75. The zero-order valence-corrected chi connectivity index (χ0v) is 15.6. The molecule has 0 radical (unpaired) electrons. The predicted molar refractivity (Wildman–Crippen MR) is 98.3 cm³/mol. The Kier molecular flexibility index (Phi) is 13.1. The molecule has 0 saturated heterocycles. The normalized spacial score (nSPS) is 12.1. The molecule has 0 aromatic heterocycles. The fourth-order valence-corrected chi connectivity index (χ4v) is 3.71. The standard InChI is InChI=1S/C18H37O2P/c1-5-18(19)20-16-14-12-10-8-6-7-9-11-13-15-17-21(2,3)4/h5,21H,1,6-17H2,2-4H3. The Hall–Kier alpha value is -0.360. The van der Waals surface area contributed by atoms with Crippen molar-refractivity contribution in [3.63, 3.8) is 0 Å². The van der Waals surface area contributed by atoms with Gasteiger partial charge >= 0.3 is 110 Å². The summed E-state index contributed by atoms with van der Waals surface area (Å²) in [6, 6.07) is 0. The number of carbonyl (C=O) groups excluding carboxylic acids is 1. The van der Waals surface area contributed by atoms with Crippen LogP contribution in [-0.2, 0) is 9.53 Å². The third kappa shape index (κ3) is 17.6. The first-order chi connectivity index (χ1) is 9.95. The van der Waals surface area contributed by atoms with Crippen LogP contribution in [-0.4, -0.2) is 38.7 Å². The van der Waals surface area contributed by atoms with Crippen LogP contribution in [0.25, 0.3) is 0 Å². The summed E-state index contributed by atoms with van der Waals surface area (Å²) >= 11 is 0. The van der Waals surface area contributed by atoms with Gasteiger partial charge in [0.05, 0.1) is 0 Å². The van der Waals surface area contributed by atoms with Gasteiger partial charge in [0.25, 0.3) is 0 Å². The molecule has 0 N–H and O–H groups in total. The average molecular weight is 316 g/mol. The number of unbranched alkanes of at least 4 members (excludes halogenated alkanes) is 9. The second-order valence-corrected chi connectivity index (χ2v) is 12.8. The van der Waals surface area contributed by atoms with Gasteiger partial charge in [0.1, 0.15) is 0 Å². The third-order valence-corrected chi connectivity index (χ3v) is 5.59. The molecule has 0 aromatic carbocycles. The van der Waals surface area contributed by atoms with Gasteiger partial charge in [-0.15, -0.1) is 0 Å². The van der Waals surface area contributed by atoms with E-state index < -0.39 is 7.26 Å². The van der Waals surface area contributed by atoms with Gasteiger partial charge in [-0.05, 0) is 0 Å². The van der Waals surface area contributed by atoms with Crippen molar-refractivity contribution in [3.05, 3.63) is 12.7 Å². The predicted octanol–water partition coefficient (Wildman–Crippen LogP) is 5.26. The summed E-state index contributed by atoms with van der Waals surface area (Å²) in [5.41, 5.74) is 0. The number of ether oxygens (including phenoxy) is 1. The number of rotatable bonds is 14. The summed E-state index contributed by atoms with van der Waals surface area (Å²) in [6.07, 6.45) is 15.9. The van der Waals surface area contributed by atoms with Gasteiger partial charge in [-0.25, -0.2) is 4.79 Å². The maximum atomic E-state index is 10.8. The Balaban J connectivity index is 3.09. The van der Waals surface area contributed by atoms with E-state index in [9.17, 15) is 4.79 Å². The molecule has 0 heterocycles. The minimum atomic E-state index is -0.801. The number of esters is 1. The molecule has 0 spiro atoms. The van der Waals surface area contributed by atoms with Gasteiger partial charge in [-0.2, -0.15) is 0 Å². The van der Waals surface area contributed by atoms with Crippen LogP contribution in [0.3, 0.4) is 0 Å². The van der Waals surface area contributed by atoms with E-state index in [2.05, 4.69) is 26.6 Å². The van der Waals surface area contributed by atoms with Crippen molar-refractivity contribution in [2.24, 2.45) is 0 Å². The summed E-state index contributed by atoms with van der Waals surface area (Å²) in [5, 5.41) is 0. The van der Waals surface area contributed by atoms with E-state index in [1.54, 1.807) is 0 Å². The topological polar surface area (TPSA) is 26.3 Å². The molecule has 0 unspecified atom stereocenters. The van der Waals surface area contributed by atoms with Crippen LogP contribution in [0.5, 0.6) is 0 Å². The second-order valence-electron chi connectivity index (χ2n) is 7.22. The summed E-state index contributed by atoms with van der Waals surface area (Å²) in [4.78, 5) is 10.8. The first-order valence-corrected chi connectivity index (χ1v) is 12.5. The molecule has 0 aliphatic carbocycles. The number of hydrogen-bond acceptors (Lipinski definition) is 2. The van der Waals surface area contributed by atoms with Gasteiger partial charge in [0.15, 0.2) is 0 Å². The van der Waals surface area contributed by atoms with E-state index in [4.69, 9.17) is 4.74 Å². The van der Waals surface area contributed by atoms with Crippen LogP contribution in [0.15, 0.2) is 12.7 Å². The Bertz CT molecular complexity index is 269. The molecule has 0 amide bonds. The molecule has 0 atom stereocenters. The quantitative estimate of drug-likeness (QED) is 0.189. The molecule has 2 nitrogen and oxygen atoms in total. The van der Waals surface area contributed by atoms with E-state index in [0.29, 0.717) is 6.61 Å². The van der Waals surface area contributed by atoms with Crippen molar-refractivity contribution >= 4 is 13.2 Å². The Labute approximate surface area is 133 Å².